The molecular formula is CH3K2NaO5. The summed E-state index contributed by atoms with van der Waals surface area (Å²) in [4.78, 5) is 8.44. The van der Waals surface area contributed by atoms with Crippen molar-refractivity contribution in [2.45, 2.75) is 0 Å². The van der Waals surface area contributed by atoms with Crippen LogP contribution < -0.4 is 137 Å². The summed E-state index contributed by atoms with van der Waals surface area (Å²) < 4.78 is 0. The summed E-state index contributed by atoms with van der Waals surface area (Å²) in [6, 6.07) is 0. The largest absolute Gasteiger partial charge is 1.00 e. The third kappa shape index (κ3) is 85.6. The molecule has 0 unspecified atom stereocenters. The predicted molar refractivity (Wildman–Crippen MR) is 11.9 cm³/mol. The van der Waals surface area contributed by atoms with Crippen LogP contribution in [0.4, 0.5) is 4.79 Å². The second kappa shape index (κ2) is 30.0. The first-order valence-corrected chi connectivity index (χ1v) is 0.632. The van der Waals surface area contributed by atoms with Gasteiger partial charge in [-0.05, 0) is 0 Å². The quantitative estimate of drug-likeness (QED) is 0.386. The van der Waals surface area contributed by atoms with Crippen molar-refractivity contribution >= 4 is 6.16 Å². The van der Waals surface area contributed by atoms with E-state index in [0.29, 0.717) is 0 Å². The first kappa shape index (κ1) is 39.2. The van der Waals surface area contributed by atoms with Gasteiger partial charge in [0.2, 0.25) is 6.16 Å². The van der Waals surface area contributed by atoms with Crippen LogP contribution in [0.2, 0.25) is 0 Å². The van der Waals surface area contributed by atoms with E-state index in [4.69, 9.17) is 15.0 Å². The molecule has 0 aliphatic heterocycles. The van der Waals surface area contributed by atoms with E-state index in [1.165, 1.54) is 0 Å². The molecule has 8 heteroatoms. The second-order valence-electron chi connectivity index (χ2n) is 0.266. The summed E-state index contributed by atoms with van der Waals surface area (Å²) in [5, 5.41) is 15.3. The molecule has 0 saturated heterocycles. The Morgan fingerprint density at radius 1 is 1.22 bits per heavy atom. The Morgan fingerprint density at radius 2 is 1.22 bits per heavy atom. The Bertz CT molecular complexity index is 37.9. The second-order valence-corrected chi connectivity index (χ2v) is 0.266. The summed E-state index contributed by atoms with van der Waals surface area (Å²) in [6.45, 7) is 0. The Kier molecular flexibility index (Phi) is 131. The van der Waals surface area contributed by atoms with Crippen molar-refractivity contribution in [3.05, 3.63) is 0 Å². The van der Waals surface area contributed by atoms with Gasteiger partial charge in [0.15, 0.2) is 0 Å². The average molecular weight is 196 g/mol. The van der Waals surface area contributed by atoms with Gasteiger partial charge in [-0.1, -0.05) is 0 Å². The van der Waals surface area contributed by atoms with Gasteiger partial charge in [-0.3, -0.25) is 0 Å². The van der Waals surface area contributed by atoms with Gasteiger partial charge in [0.25, 0.3) is 0 Å². The molecule has 0 fully saturated rings. The van der Waals surface area contributed by atoms with Crippen LogP contribution >= 0.6 is 0 Å². The van der Waals surface area contributed by atoms with E-state index in [1.54, 1.807) is 0 Å². The molecule has 0 saturated carbocycles. The third-order valence-electron chi connectivity index (χ3n) is 0. The molecule has 0 aliphatic carbocycles. The van der Waals surface area contributed by atoms with E-state index in [-0.39, 0.29) is 143 Å². The summed E-state index contributed by atoms with van der Waals surface area (Å²) >= 11 is 0. The van der Waals surface area contributed by atoms with Crippen molar-refractivity contribution in [1.29, 1.82) is 0 Å². The van der Waals surface area contributed by atoms with Crippen LogP contribution in [0.1, 0.15) is 0 Å². The molecule has 0 amide bonds. The van der Waals surface area contributed by atoms with Crippen molar-refractivity contribution < 1.29 is 158 Å². The van der Waals surface area contributed by atoms with Crippen molar-refractivity contribution in [3.63, 3.8) is 0 Å². The maximum absolute atomic E-state index is 8.44. The zero-order valence-electron chi connectivity index (χ0n) is 5.66. The van der Waals surface area contributed by atoms with E-state index < -0.39 is 6.16 Å². The predicted octanol–water partition coefficient (Wildman–Crippen LogP) is -10.5. The van der Waals surface area contributed by atoms with Gasteiger partial charge < -0.3 is 26.0 Å². The van der Waals surface area contributed by atoms with E-state index in [1.807, 2.05) is 0 Å². The average Bonchev–Trinajstić information content (AvgIpc) is 0.811. The van der Waals surface area contributed by atoms with Gasteiger partial charge in [0.05, 0.1) is 0 Å². The van der Waals surface area contributed by atoms with E-state index in [2.05, 4.69) is 0 Å². The molecule has 9 heavy (non-hydrogen) atoms. The van der Waals surface area contributed by atoms with Gasteiger partial charge in [-0.2, -0.15) is 0 Å². The van der Waals surface area contributed by atoms with Gasteiger partial charge in [0.1, 0.15) is 0 Å². The number of carboxylic acid groups (broad SMARTS) is 2. The van der Waals surface area contributed by atoms with Crippen molar-refractivity contribution in [1.82, 2.24) is 0 Å². The van der Waals surface area contributed by atoms with E-state index in [0.717, 1.165) is 0 Å². The van der Waals surface area contributed by atoms with Crippen molar-refractivity contribution in [3.8, 4) is 0 Å². The van der Waals surface area contributed by atoms with Gasteiger partial charge in [-0.15, -0.1) is 0 Å². The van der Waals surface area contributed by atoms with Crippen LogP contribution in [0, 0.1) is 0 Å². The maximum atomic E-state index is 8.44. The number of hydrogen-bond donors (Lipinski definition) is 1. The number of hydrogen-bond acceptors (Lipinski definition) is 4. The first-order valence-electron chi connectivity index (χ1n) is 0.632. The molecule has 0 aromatic heterocycles. The zero-order valence-corrected chi connectivity index (χ0v) is 13.9. The van der Waals surface area contributed by atoms with Gasteiger partial charge >= 0.3 is 132 Å². The summed E-state index contributed by atoms with van der Waals surface area (Å²) in [5.74, 6) is 0. The summed E-state index contributed by atoms with van der Waals surface area (Å²) in [5.41, 5.74) is 0. The van der Waals surface area contributed by atoms with E-state index in [9.17, 15) is 0 Å². The molecule has 0 spiro atoms. The molecule has 3 N–H and O–H groups in total. The van der Waals surface area contributed by atoms with E-state index >= 15 is 0 Å². The smallest absolute Gasteiger partial charge is 0.870 e. The Morgan fingerprint density at radius 3 is 1.22 bits per heavy atom. The Balaban J connectivity index is -0.00000000450. The first-order chi connectivity index (χ1) is 1.73. The Labute approximate surface area is 160 Å². The molecule has 0 aliphatic rings. The maximum Gasteiger partial charge on any atom is 1.00 e. The van der Waals surface area contributed by atoms with Crippen LogP contribution in [0.5, 0.6) is 0 Å². The van der Waals surface area contributed by atoms with Crippen LogP contribution in [-0.2, 0) is 0 Å². The molecule has 0 radical (unpaired) electrons. The van der Waals surface area contributed by atoms with Crippen LogP contribution in [-0.4, -0.2) is 22.2 Å². The van der Waals surface area contributed by atoms with Crippen LogP contribution in [0.3, 0.4) is 0 Å². The fraction of sp³-hybridized carbons (Fsp3) is 0. The van der Waals surface area contributed by atoms with Gasteiger partial charge in [0, 0.05) is 0 Å². The minimum absolute atomic E-state index is 0. The minimum atomic E-state index is -2.08. The SMILES string of the molecule is O=C([O-])O.[K+].[K+].[Na+].[OH-].[OH-]. The van der Waals surface area contributed by atoms with Crippen molar-refractivity contribution in [2.24, 2.45) is 0 Å². The number of carbonyl (C=O) groups is 1. The molecule has 0 rings (SSSR count). The third-order valence-corrected chi connectivity index (χ3v) is 0. The minimum Gasteiger partial charge on any atom is -0.870 e. The topological polar surface area (TPSA) is 120 Å². The molecule has 0 bridgehead atoms. The zero-order chi connectivity index (χ0) is 3.58. The normalized spacial score (nSPS) is 2.67. The molecular weight excluding hydrogens is 193 g/mol. The molecule has 40 valence electrons. The standard InChI is InChI=1S/CH2O3.2K.Na.2H2O/c2-1(3)4;;;;;/h(H2,2,3,4);;;;2*1H2/q;3*+1;;/p-3. The summed E-state index contributed by atoms with van der Waals surface area (Å²) in [7, 11) is 0. The summed E-state index contributed by atoms with van der Waals surface area (Å²) in [6.07, 6.45) is -2.08. The van der Waals surface area contributed by atoms with Gasteiger partial charge in [-0.25, -0.2) is 0 Å². The fourth-order valence-corrected chi connectivity index (χ4v) is 0. The Hall–Kier alpha value is 3.46. The molecule has 0 aromatic carbocycles. The molecule has 5 nitrogen and oxygen atoms in total. The molecule has 0 aromatic rings. The van der Waals surface area contributed by atoms with Crippen molar-refractivity contribution in [2.75, 3.05) is 0 Å². The van der Waals surface area contributed by atoms with Crippen LogP contribution in [0.25, 0.3) is 0 Å². The van der Waals surface area contributed by atoms with Crippen LogP contribution in [0.15, 0.2) is 0 Å². The molecule has 0 atom stereocenters. The number of rotatable bonds is 0. The fourth-order valence-electron chi connectivity index (χ4n) is 0. The molecule has 0 heterocycles. The monoisotopic (exact) mass is 196 g/mol.